The monoisotopic (exact) mass is 446 g/mol. The molecule has 0 radical (unpaired) electrons. The van der Waals surface area contributed by atoms with Crippen LogP contribution in [0.4, 0.5) is 10.1 Å². The second kappa shape index (κ2) is 9.53. The number of hydrogen-bond acceptors (Lipinski definition) is 5. The summed E-state index contributed by atoms with van der Waals surface area (Å²) in [7, 11) is 0. The van der Waals surface area contributed by atoms with E-state index in [0.717, 1.165) is 20.8 Å². The zero-order chi connectivity index (χ0) is 22.5. The fraction of sp³-hybridized carbons (Fsp3) is 0.0800. The normalized spacial score (nSPS) is 11.1. The standard InChI is InChI=1S/C25H19FN2O3S/c1-16-2-12-21-22(14-16)32-25(28-21)18-6-10-20(11-7-18)27-23(29)15-31-24(30)13-5-17-3-8-19(26)9-4-17/h2-14H,15H2,1H3,(H,27,29)/b13-5+. The molecule has 1 heterocycles. The molecule has 0 saturated carbocycles. The first-order chi connectivity index (χ1) is 15.5. The van der Waals surface area contributed by atoms with Gasteiger partial charge in [-0.05, 0) is 72.7 Å². The number of halogens is 1. The summed E-state index contributed by atoms with van der Waals surface area (Å²) in [4.78, 5) is 28.5. The summed E-state index contributed by atoms with van der Waals surface area (Å²) in [6.07, 6.45) is 2.68. The minimum atomic E-state index is -0.661. The molecule has 160 valence electrons. The third kappa shape index (κ3) is 5.44. The summed E-state index contributed by atoms with van der Waals surface area (Å²) in [6, 6.07) is 19.1. The molecule has 0 fully saturated rings. The van der Waals surface area contributed by atoms with E-state index in [1.54, 1.807) is 23.5 Å². The summed E-state index contributed by atoms with van der Waals surface area (Å²) in [5.41, 5.74) is 4.35. The number of thiazole rings is 1. The van der Waals surface area contributed by atoms with Gasteiger partial charge in [0.25, 0.3) is 5.91 Å². The van der Waals surface area contributed by atoms with Crippen molar-refractivity contribution in [3.8, 4) is 10.6 Å². The molecule has 0 atom stereocenters. The smallest absolute Gasteiger partial charge is 0.331 e. The molecule has 0 saturated heterocycles. The lowest BCUT2D eigenvalue weighted by Crippen LogP contribution is -2.20. The molecule has 0 unspecified atom stereocenters. The van der Waals surface area contributed by atoms with Crippen molar-refractivity contribution < 1.29 is 18.7 Å². The third-order valence-electron chi connectivity index (χ3n) is 4.59. The maximum atomic E-state index is 12.9. The fourth-order valence-corrected chi connectivity index (χ4v) is 4.04. The Kier molecular flexibility index (Phi) is 6.37. The van der Waals surface area contributed by atoms with Crippen LogP contribution in [-0.2, 0) is 14.3 Å². The van der Waals surface area contributed by atoms with Crippen LogP contribution >= 0.6 is 11.3 Å². The number of ether oxygens (including phenoxy) is 1. The molecule has 0 bridgehead atoms. The lowest BCUT2D eigenvalue weighted by molar-refractivity contribution is -0.142. The Morgan fingerprint density at radius 2 is 1.81 bits per heavy atom. The van der Waals surface area contributed by atoms with Crippen molar-refractivity contribution in [2.75, 3.05) is 11.9 Å². The van der Waals surface area contributed by atoms with Crippen LogP contribution in [0.5, 0.6) is 0 Å². The lowest BCUT2D eigenvalue weighted by Gasteiger charge is -2.06. The Morgan fingerprint density at radius 3 is 2.56 bits per heavy atom. The number of esters is 1. The van der Waals surface area contributed by atoms with Crippen LogP contribution in [0.15, 0.2) is 72.8 Å². The van der Waals surface area contributed by atoms with Crippen LogP contribution in [0, 0.1) is 12.7 Å². The van der Waals surface area contributed by atoms with Gasteiger partial charge in [-0.3, -0.25) is 4.79 Å². The molecular weight excluding hydrogens is 427 g/mol. The number of amides is 1. The van der Waals surface area contributed by atoms with E-state index in [1.165, 1.54) is 42.0 Å². The number of nitrogens with one attached hydrogen (secondary N) is 1. The van der Waals surface area contributed by atoms with Gasteiger partial charge in [-0.2, -0.15) is 0 Å². The Labute approximate surface area is 188 Å². The van der Waals surface area contributed by atoms with Gasteiger partial charge < -0.3 is 10.1 Å². The predicted molar refractivity (Wildman–Crippen MR) is 125 cm³/mol. The Hall–Kier alpha value is -3.84. The van der Waals surface area contributed by atoms with Crippen molar-refractivity contribution in [2.24, 2.45) is 0 Å². The molecule has 1 N–H and O–H groups in total. The quantitative estimate of drug-likeness (QED) is 0.309. The van der Waals surface area contributed by atoms with Crippen LogP contribution in [0.1, 0.15) is 11.1 Å². The van der Waals surface area contributed by atoms with Crippen LogP contribution in [-0.4, -0.2) is 23.5 Å². The summed E-state index contributed by atoms with van der Waals surface area (Å²) < 4.78 is 18.9. The van der Waals surface area contributed by atoms with Gasteiger partial charge in [0.2, 0.25) is 0 Å². The van der Waals surface area contributed by atoms with E-state index in [0.29, 0.717) is 11.3 Å². The number of carbonyl (C=O) groups is 2. The van der Waals surface area contributed by atoms with Crippen LogP contribution in [0.25, 0.3) is 26.9 Å². The largest absolute Gasteiger partial charge is 0.452 e. The maximum absolute atomic E-state index is 12.9. The lowest BCUT2D eigenvalue weighted by atomic mass is 10.2. The highest BCUT2D eigenvalue weighted by atomic mass is 32.1. The first-order valence-electron chi connectivity index (χ1n) is 9.84. The predicted octanol–water partition coefficient (Wildman–Crippen LogP) is 5.61. The first kappa shape index (κ1) is 21.4. The number of anilines is 1. The number of carbonyl (C=O) groups excluding carboxylic acids is 2. The molecule has 5 nitrogen and oxygen atoms in total. The minimum absolute atomic E-state index is 0.357. The van der Waals surface area contributed by atoms with Gasteiger partial charge >= 0.3 is 5.97 Å². The summed E-state index contributed by atoms with van der Waals surface area (Å²) >= 11 is 1.62. The fourth-order valence-electron chi connectivity index (χ4n) is 2.97. The van der Waals surface area contributed by atoms with Gasteiger partial charge in [-0.25, -0.2) is 14.2 Å². The third-order valence-corrected chi connectivity index (χ3v) is 5.65. The van der Waals surface area contributed by atoms with Crippen LogP contribution in [0.3, 0.4) is 0 Å². The van der Waals surface area contributed by atoms with Crippen LogP contribution < -0.4 is 5.32 Å². The Balaban J connectivity index is 1.30. The van der Waals surface area contributed by atoms with Crippen LogP contribution in [0.2, 0.25) is 0 Å². The highest BCUT2D eigenvalue weighted by molar-refractivity contribution is 7.21. The molecule has 32 heavy (non-hydrogen) atoms. The molecule has 3 aromatic carbocycles. The number of aryl methyl sites for hydroxylation is 1. The molecular formula is C25H19FN2O3S. The van der Waals surface area contributed by atoms with Gasteiger partial charge in [0, 0.05) is 17.3 Å². The van der Waals surface area contributed by atoms with E-state index < -0.39 is 18.5 Å². The van der Waals surface area contributed by atoms with Crippen molar-refractivity contribution in [3.63, 3.8) is 0 Å². The number of aromatic nitrogens is 1. The van der Waals surface area contributed by atoms with E-state index in [2.05, 4.69) is 23.3 Å². The van der Waals surface area contributed by atoms with E-state index in [4.69, 9.17) is 4.74 Å². The minimum Gasteiger partial charge on any atom is -0.452 e. The SMILES string of the molecule is Cc1ccc2nc(-c3ccc(NC(=O)COC(=O)/C=C/c4ccc(F)cc4)cc3)sc2c1. The van der Waals surface area contributed by atoms with Gasteiger partial charge in [0.15, 0.2) is 6.61 Å². The molecule has 0 spiro atoms. The number of rotatable bonds is 6. The van der Waals surface area contributed by atoms with Gasteiger partial charge in [0.1, 0.15) is 10.8 Å². The first-order valence-corrected chi connectivity index (χ1v) is 10.7. The molecule has 0 aliphatic rings. The zero-order valence-electron chi connectivity index (χ0n) is 17.2. The molecule has 0 aliphatic carbocycles. The number of benzene rings is 3. The van der Waals surface area contributed by atoms with E-state index >= 15 is 0 Å². The Bertz CT molecular complexity index is 1300. The maximum Gasteiger partial charge on any atom is 0.331 e. The Morgan fingerprint density at radius 1 is 1.06 bits per heavy atom. The summed E-state index contributed by atoms with van der Waals surface area (Å²) in [5.74, 6) is -1.47. The van der Waals surface area contributed by atoms with Gasteiger partial charge in [-0.1, -0.05) is 18.2 Å². The van der Waals surface area contributed by atoms with Crippen molar-refractivity contribution in [2.45, 2.75) is 6.92 Å². The number of fused-ring (bicyclic) bond motifs is 1. The molecule has 4 rings (SSSR count). The molecule has 1 aromatic heterocycles. The highest BCUT2D eigenvalue weighted by Crippen LogP contribution is 2.31. The molecule has 4 aromatic rings. The topological polar surface area (TPSA) is 68.3 Å². The number of hydrogen-bond donors (Lipinski definition) is 1. The average molecular weight is 447 g/mol. The highest BCUT2D eigenvalue weighted by Gasteiger charge is 2.09. The second-order valence-corrected chi connectivity index (χ2v) is 8.14. The molecule has 1 amide bonds. The van der Waals surface area contributed by atoms with Gasteiger partial charge in [0.05, 0.1) is 10.2 Å². The average Bonchev–Trinajstić information content (AvgIpc) is 3.21. The zero-order valence-corrected chi connectivity index (χ0v) is 18.0. The van der Waals surface area contributed by atoms with Crippen molar-refractivity contribution >= 4 is 45.2 Å². The molecule has 7 heteroatoms. The van der Waals surface area contributed by atoms with Crippen molar-refractivity contribution in [3.05, 3.63) is 89.8 Å². The summed E-state index contributed by atoms with van der Waals surface area (Å²) in [6.45, 7) is 1.64. The van der Waals surface area contributed by atoms with Crippen molar-refractivity contribution in [1.82, 2.24) is 4.98 Å². The second-order valence-electron chi connectivity index (χ2n) is 7.11. The summed E-state index contributed by atoms with van der Waals surface area (Å²) in [5, 5.41) is 3.60. The molecule has 0 aliphatic heterocycles. The van der Waals surface area contributed by atoms with E-state index in [1.807, 2.05) is 24.3 Å². The number of nitrogens with zero attached hydrogens (tertiary/aromatic N) is 1. The van der Waals surface area contributed by atoms with E-state index in [-0.39, 0.29) is 5.82 Å². The van der Waals surface area contributed by atoms with Gasteiger partial charge in [-0.15, -0.1) is 11.3 Å². The van der Waals surface area contributed by atoms with E-state index in [9.17, 15) is 14.0 Å². The van der Waals surface area contributed by atoms with Crippen molar-refractivity contribution in [1.29, 1.82) is 0 Å².